The molecule has 1 aromatic carbocycles. The minimum atomic E-state index is -0.820. The van der Waals surface area contributed by atoms with E-state index in [1.807, 2.05) is 12.1 Å². The maximum absolute atomic E-state index is 12.5. The standard InChI is InChI=1S/C18H22BrNO3/c1-20(15(21)11-17(16(22)23)7-2-8-17)12-18(9-10-18)13-3-5-14(19)6-4-13/h3-6H,2,7-12H2,1H3,(H,22,23). The van der Waals surface area contributed by atoms with Gasteiger partial charge in [0, 0.05) is 29.9 Å². The molecule has 0 atom stereocenters. The van der Waals surface area contributed by atoms with E-state index < -0.39 is 11.4 Å². The van der Waals surface area contributed by atoms with E-state index in [2.05, 4.69) is 28.1 Å². The first-order valence-corrected chi connectivity index (χ1v) is 8.90. The van der Waals surface area contributed by atoms with Crippen LogP contribution in [0.25, 0.3) is 0 Å². The van der Waals surface area contributed by atoms with Crippen molar-refractivity contribution in [3.63, 3.8) is 0 Å². The molecule has 2 aliphatic rings. The molecule has 23 heavy (non-hydrogen) atoms. The third-order valence-electron chi connectivity index (χ3n) is 5.53. The number of benzene rings is 1. The van der Waals surface area contributed by atoms with Crippen LogP contribution in [0.15, 0.2) is 28.7 Å². The zero-order valence-electron chi connectivity index (χ0n) is 13.3. The van der Waals surface area contributed by atoms with Crippen molar-refractivity contribution in [3.05, 3.63) is 34.3 Å². The van der Waals surface area contributed by atoms with Crippen molar-refractivity contribution < 1.29 is 14.7 Å². The second kappa shape index (κ2) is 5.93. The molecule has 0 bridgehead atoms. The molecule has 2 aliphatic carbocycles. The fraction of sp³-hybridized carbons (Fsp3) is 0.556. The van der Waals surface area contributed by atoms with Gasteiger partial charge in [0.25, 0.3) is 0 Å². The third-order valence-corrected chi connectivity index (χ3v) is 6.06. The number of aliphatic carboxylic acids is 1. The second-order valence-corrected chi connectivity index (χ2v) is 8.07. The van der Waals surface area contributed by atoms with Crippen molar-refractivity contribution in [1.29, 1.82) is 0 Å². The van der Waals surface area contributed by atoms with Crippen molar-refractivity contribution >= 4 is 27.8 Å². The van der Waals surface area contributed by atoms with Crippen LogP contribution in [0.4, 0.5) is 0 Å². The van der Waals surface area contributed by atoms with Gasteiger partial charge in [0.1, 0.15) is 0 Å². The molecule has 0 aromatic heterocycles. The molecule has 4 nitrogen and oxygen atoms in total. The molecule has 0 unspecified atom stereocenters. The highest BCUT2D eigenvalue weighted by Gasteiger charge is 2.49. The van der Waals surface area contributed by atoms with Crippen LogP contribution in [0.3, 0.4) is 0 Å². The number of carboxylic acid groups (broad SMARTS) is 1. The summed E-state index contributed by atoms with van der Waals surface area (Å²) in [6.07, 6.45) is 4.45. The van der Waals surface area contributed by atoms with Crippen LogP contribution < -0.4 is 0 Å². The molecule has 2 saturated carbocycles. The fourth-order valence-corrected chi connectivity index (χ4v) is 3.79. The SMILES string of the molecule is CN(CC1(c2ccc(Br)cc2)CC1)C(=O)CC1(C(=O)O)CCC1. The average molecular weight is 380 g/mol. The lowest BCUT2D eigenvalue weighted by Crippen LogP contribution is -2.44. The Hall–Kier alpha value is -1.36. The van der Waals surface area contributed by atoms with Crippen molar-refractivity contribution in [1.82, 2.24) is 4.90 Å². The lowest BCUT2D eigenvalue weighted by molar-refractivity contribution is -0.159. The molecule has 1 aromatic rings. The Labute approximate surface area is 145 Å². The van der Waals surface area contributed by atoms with Gasteiger partial charge in [0.2, 0.25) is 5.91 Å². The van der Waals surface area contributed by atoms with E-state index in [-0.39, 0.29) is 17.7 Å². The summed E-state index contributed by atoms with van der Waals surface area (Å²) in [6.45, 7) is 0.670. The van der Waals surface area contributed by atoms with Gasteiger partial charge in [-0.2, -0.15) is 0 Å². The van der Waals surface area contributed by atoms with Crippen molar-refractivity contribution in [2.75, 3.05) is 13.6 Å². The summed E-state index contributed by atoms with van der Waals surface area (Å²) in [6, 6.07) is 8.29. The average Bonchev–Trinajstić information content (AvgIpc) is 3.23. The number of halogens is 1. The Kier molecular flexibility index (Phi) is 4.25. The predicted molar refractivity (Wildman–Crippen MR) is 91.2 cm³/mol. The van der Waals surface area contributed by atoms with Gasteiger partial charge in [0.15, 0.2) is 0 Å². The molecule has 0 heterocycles. The first-order valence-electron chi connectivity index (χ1n) is 8.10. The minimum Gasteiger partial charge on any atom is -0.481 e. The largest absolute Gasteiger partial charge is 0.481 e. The van der Waals surface area contributed by atoms with Gasteiger partial charge in [-0.25, -0.2) is 0 Å². The van der Waals surface area contributed by atoms with Gasteiger partial charge in [-0.1, -0.05) is 34.5 Å². The summed E-state index contributed by atoms with van der Waals surface area (Å²) in [7, 11) is 1.80. The molecule has 0 aliphatic heterocycles. The molecule has 0 spiro atoms. The van der Waals surface area contributed by atoms with Crippen LogP contribution in [0, 0.1) is 5.41 Å². The van der Waals surface area contributed by atoms with Crippen LogP contribution in [0.2, 0.25) is 0 Å². The number of amides is 1. The Morgan fingerprint density at radius 2 is 1.78 bits per heavy atom. The third kappa shape index (κ3) is 3.16. The topological polar surface area (TPSA) is 57.6 Å². The summed E-state index contributed by atoms with van der Waals surface area (Å²) in [5.74, 6) is -0.866. The zero-order chi connectivity index (χ0) is 16.7. The highest BCUT2D eigenvalue weighted by Crippen LogP contribution is 2.49. The van der Waals surface area contributed by atoms with Crippen molar-refractivity contribution in [2.24, 2.45) is 5.41 Å². The summed E-state index contributed by atoms with van der Waals surface area (Å²) < 4.78 is 1.05. The van der Waals surface area contributed by atoms with E-state index in [0.29, 0.717) is 19.4 Å². The summed E-state index contributed by atoms with van der Waals surface area (Å²) in [4.78, 5) is 25.7. The van der Waals surface area contributed by atoms with E-state index in [1.54, 1.807) is 11.9 Å². The number of carboxylic acids is 1. The number of carbonyl (C=O) groups excluding carboxylic acids is 1. The lowest BCUT2D eigenvalue weighted by Gasteiger charge is -2.38. The molecule has 0 saturated heterocycles. The van der Waals surface area contributed by atoms with E-state index >= 15 is 0 Å². The molecule has 0 radical (unpaired) electrons. The Balaban J connectivity index is 1.64. The van der Waals surface area contributed by atoms with Crippen molar-refractivity contribution in [3.8, 4) is 0 Å². The molecule has 1 N–H and O–H groups in total. The van der Waals surface area contributed by atoms with Crippen LogP contribution in [0.5, 0.6) is 0 Å². The second-order valence-electron chi connectivity index (χ2n) is 7.15. The zero-order valence-corrected chi connectivity index (χ0v) is 14.9. The first kappa shape index (κ1) is 16.5. The summed E-state index contributed by atoms with van der Waals surface area (Å²) in [5.41, 5.74) is 0.512. The lowest BCUT2D eigenvalue weighted by atomic mass is 9.66. The van der Waals surface area contributed by atoms with Crippen LogP contribution in [0.1, 0.15) is 44.1 Å². The summed E-state index contributed by atoms with van der Waals surface area (Å²) in [5, 5.41) is 9.39. The van der Waals surface area contributed by atoms with Crippen LogP contribution >= 0.6 is 15.9 Å². The number of nitrogens with zero attached hydrogens (tertiary/aromatic N) is 1. The molecular formula is C18H22BrNO3. The van der Waals surface area contributed by atoms with Gasteiger partial charge in [0.05, 0.1) is 5.41 Å². The Morgan fingerprint density at radius 1 is 1.17 bits per heavy atom. The monoisotopic (exact) mass is 379 g/mol. The number of hydrogen-bond donors (Lipinski definition) is 1. The minimum absolute atomic E-state index is 0.0458. The maximum Gasteiger partial charge on any atom is 0.310 e. The Bertz CT molecular complexity index is 618. The van der Waals surface area contributed by atoms with Crippen LogP contribution in [-0.2, 0) is 15.0 Å². The number of likely N-dealkylation sites (N-methyl/N-ethyl adjacent to an activating group) is 1. The predicted octanol–water partition coefficient (Wildman–Crippen LogP) is 3.58. The normalized spacial score (nSPS) is 20.4. The van der Waals surface area contributed by atoms with Crippen LogP contribution in [-0.4, -0.2) is 35.5 Å². The fourth-order valence-electron chi connectivity index (χ4n) is 3.53. The number of rotatable bonds is 6. The highest BCUT2D eigenvalue weighted by atomic mass is 79.9. The summed E-state index contributed by atoms with van der Waals surface area (Å²) >= 11 is 3.45. The number of hydrogen-bond acceptors (Lipinski definition) is 2. The number of carbonyl (C=O) groups is 2. The van der Waals surface area contributed by atoms with E-state index in [1.165, 1.54) is 5.56 Å². The van der Waals surface area contributed by atoms with Gasteiger partial charge in [-0.15, -0.1) is 0 Å². The highest BCUT2D eigenvalue weighted by molar-refractivity contribution is 9.10. The smallest absolute Gasteiger partial charge is 0.310 e. The van der Waals surface area contributed by atoms with Crippen molar-refractivity contribution in [2.45, 2.75) is 43.9 Å². The van der Waals surface area contributed by atoms with Gasteiger partial charge >= 0.3 is 5.97 Å². The van der Waals surface area contributed by atoms with E-state index in [4.69, 9.17) is 0 Å². The van der Waals surface area contributed by atoms with Gasteiger partial charge in [-0.3, -0.25) is 9.59 Å². The quantitative estimate of drug-likeness (QED) is 0.821. The molecular weight excluding hydrogens is 358 g/mol. The van der Waals surface area contributed by atoms with Gasteiger partial charge < -0.3 is 10.0 Å². The molecule has 124 valence electrons. The molecule has 1 amide bonds. The molecule has 2 fully saturated rings. The van der Waals surface area contributed by atoms with E-state index in [9.17, 15) is 14.7 Å². The maximum atomic E-state index is 12.5. The molecule has 3 rings (SSSR count). The Morgan fingerprint density at radius 3 is 2.22 bits per heavy atom. The van der Waals surface area contributed by atoms with Gasteiger partial charge in [-0.05, 0) is 43.4 Å². The molecule has 5 heteroatoms. The first-order chi connectivity index (χ1) is 10.9. The van der Waals surface area contributed by atoms with E-state index in [0.717, 1.165) is 23.7 Å².